The fraction of sp³-hybridized carbons (Fsp3) is 0.500. The van der Waals surface area contributed by atoms with Gasteiger partial charge in [-0.05, 0) is 20.8 Å². The quantitative estimate of drug-likeness (QED) is 0.767. The molecule has 1 aliphatic rings. The van der Waals surface area contributed by atoms with Crippen LogP contribution in [0.3, 0.4) is 0 Å². The SMILES string of the molecule is COC(=O)C1CN(c2cc(-n3nc(C)nc3C)nc(C)n2)C1. The number of carbonyl (C=O) groups excluding carboxylic acids is 1. The van der Waals surface area contributed by atoms with Crippen LogP contribution in [0.15, 0.2) is 6.07 Å². The average molecular weight is 302 g/mol. The molecular weight excluding hydrogens is 284 g/mol. The lowest BCUT2D eigenvalue weighted by Crippen LogP contribution is -2.51. The van der Waals surface area contributed by atoms with Gasteiger partial charge in [-0.2, -0.15) is 4.68 Å². The topological polar surface area (TPSA) is 86.0 Å². The molecule has 0 N–H and O–H groups in total. The van der Waals surface area contributed by atoms with Crippen molar-refractivity contribution in [3.05, 3.63) is 23.5 Å². The fourth-order valence-electron chi connectivity index (χ4n) is 2.53. The number of carbonyl (C=O) groups is 1. The lowest BCUT2D eigenvalue weighted by Gasteiger charge is -2.38. The minimum Gasteiger partial charge on any atom is -0.469 e. The van der Waals surface area contributed by atoms with Crippen molar-refractivity contribution in [2.45, 2.75) is 20.8 Å². The van der Waals surface area contributed by atoms with Gasteiger partial charge in [0.1, 0.15) is 23.3 Å². The Morgan fingerprint density at radius 2 is 1.82 bits per heavy atom. The molecule has 1 fully saturated rings. The molecular formula is C14H18N6O2. The summed E-state index contributed by atoms with van der Waals surface area (Å²) in [6.07, 6.45) is 0. The Labute approximate surface area is 128 Å². The molecule has 0 unspecified atom stereocenters. The first kappa shape index (κ1) is 14.4. The Hall–Kier alpha value is -2.51. The minimum absolute atomic E-state index is 0.0842. The molecule has 0 atom stereocenters. The van der Waals surface area contributed by atoms with E-state index in [4.69, 9.17) is 4.74 Å². The van der Waals surface area contributed by atoms with Crippen molar-refractivity contribution >= 4 is 11.8 Å². The van der Waals surface area contributed by atoms with Crippen molar-refractivity contribution in [1.29, 1.82) is 0 Å². The predicted molar refractivity (Wildman–Crippen MR) is 78.9 cm³/mol. The second kappa shape index (κ2) is 5.36. The maximum Gasteiger partial charge on any atom is 0.312 e. The zero-order chi connectivity index (χ0) is 15.9. The molecule has 22 heavy (non-hydrogen) atoms. The highest BCUT2D eigenvalue weighted by molar-refractivity contribution is 5.76. The van der Waals surface area contributed by atoms with Gasteiger partial charge in [0.05, 0.1) is 13.0 Å². The van der Waals surface area contributed by atoms with Gasteiger partial charge < -0.3 is 9.64 Å². The molecule has 1 aliphatic heterocycles. The monoisotopic (exact) mass is 302 g/mol. The van der Waals surface area contributed by atoms with Crippen LogP contribution in [0.5, 0.6) is 0 Å². The van der Waals surface area contributed by atoms with E-state index < -0.39 is 0 Å². The zero-order valence-electron chi connectivity index (χ0n) is 13.1. The molecule has 0 aliphatic carbocycles. The number of anilines is 1. The third-order valence-corrected chi connectivity index (χ3v) is 3.64. The Morgan fingerprint density at radius 3 is 2.41 bits per heavy atom. The van der Waals surface area contributed by atoms with Crippen molar-refractivity contribution in [1.82, 2.24) is 24.7 Å². The normalized spacial score (nSPS) is 14.8. The number of rotatable bonds is 3. The molecule has 0 bridgehead atoms. The van der Waals surface area contributed by atoms with Crippen molar-refractivity contribution in [3.8, 4) is 5.82 Å². The summed E-state index contributed by atoms with van der Waals surface area (Å²) in [4.78, 5) is 26.6. The van der Waals surface area contributed by atoms with Crippen LogP contribution in [0.4, 0.5) is 5.82 Å². The van der Waals surface area contributed by atoms with E-state index in [1.54, 1.807) is 4.68 Å². The van der Waals surface area contributed by atoms with E-state index in [1.165, 1.54) is 7.11 Å². The number of esters is 1. The number of hydrogen-bond acceptors (Lipinski definition) is 7. The maximum atomic E-state index is 11.5. The summed E-state index contributed by atoms with van der Waals surface area (Å²) >= 11 is 0. The Balaban J connectivity index is 1.86. The molecule has 0 amide bonds. The molecule has 2 aromatic heterocycles. The van der Waals surface area contributed by atoms with Crippen LogP contribution in [0.1, 0.15) is 17.5 Å². The average Bonchev–Trinajstić information content (AvgIpc) is 2.75. The van der Waals surface area contributed by atoms with Crippen LogP contribution >= 0.6 is 0 Å². The van der Waals surface area contributed by atoms with Crippen LogP contribution in [-0.4, -0.2) is 50.9 Å². The molecule has 3 heterocycles. The first-order valence-corrected chi connectivity index (χ1v) is 7.07. The molecule has 116 valence electrons. The van der Waals surface area contributed by atoms with E-state index in [0.29, 0.717) is 30.6 Å². The molecule has 0 spiro atoms. The number of methoxy groups -OCH3 is 1. The van der Waals surface area contributed by atoms with Gasteiger partial charge in [-0.1, -0.05) is 0 Å². The van der Waals surface area contributed by atoms with Crippen LogP contribution in [0.2, 0.25) is 0 Å². The summed E-state index contributed by atoms with van der Waals surface area (Å²) in [6, 6.07) is 1.86. The second-order valence-electron chi connectivity index (χ2n) is 5.37. The summed E-state index contributed by atoms with van der Waals surface area (Å²) in [7, 11) is 1.41. The van der Waals surface area contributed by atoms with Crippen LogP contribution in [-0.2, 0) is 9.53 Å². The summed E-state index contributed by atoms with van der Waals surface area (Å²) < 4.78 is 6.45. The molecule has 0 radical (unpaired) electrons. The second-order valence-corrected chi connectivity index (χ2v) is 5.37. The first-order valence-electron chi connectivity index (χ1n) is 7.07. The minimum atomic E-state index is -0.176. The molecule has 0 aromatic carbocycles. The highest BCUT2D eigenvalue weighted by Gasteiger charge is 2.34. The van der Waals surface area contributed by atoms with Crippen molar-refractivity contribution in [2.24, 2.45) is 5.92 Å². The van der Waals surface area contributed by atoms with Crippen molar-refractivity contribution in [2.75, 3.05) is 25.1 Å². The number of aromatic nitrogens is 5. The van der Waals surface area contributed by atoms with Gasteiger partial charge in [0.15, 0.2) is 5.82 Å². The van der Waals surface area contributed by atoms with Crippen LogP contribution < -0.4 is 4.90 Å². The molecule has 2 aromatic rings. The van der Waals surface area contributed by atoms with Crippen LogP contribution in [0, 0.1) is 26.7 Å². The first-order chi connectivity index (χ1) is 10.5. The lowest BCUT2D eigenvalue weighted by molar-refractivity contribution is -0.146. The van der Waals surface area contributed by atoms with Gasteiger partial charge in [-0.25, -0.2) is 15.0 Å². The third-order valence-electron chi connectivity index (χ3n) is 3.64. The standard InChI is InChI=1S/C14H18N6O2/c1-8-16-12(19-6-11(7-19)14(21)22-4)5-13(17-8)20-10(3)15-9(2)18-20/h5,11H,6-7H2,1-4H3. The highest BCUT2D eigenvalue weighted by atomic mass is 16.5. The van der Waals surface area contributed by atoms with E-state index in [1.807, 2.05) is 31.7 Å². The number of aryl methyl sites for hydroxylation is 3. The summed E-state index contributed by atoms with van der Waals surface area (Å²) in [5.74, 6) is 3.34. The Kier molecular flexibility index (Phi) is 3.51. The number of ether oxygens (including phenoxy) is 1. The lowest BCUT2D eigenvalue weighted by atomic mass is 10.0. The van der Waals surface area contributed by atoms with Crippen molar-refractivity contribution in [3.63, 3.8) is 0 Å². The zero-order valence-corrected chi connectivity index (χ0v) is 13.1. The molecule has 0 saturated carbocycles. The van der Waals surface area contributed by atoms with E-state index >= 15 is 0 Å². The van der Waals surface area contributed by atoms with E-state index in [0.717, 1.165) is 11.6 Å². The summed E-state index contributed by atoms with van der Waals surface area (Å²) in [5, 5.41) is 4.34. The van der Waals surface area contributed by atoms with Gasteiger partial charge in [0.25, 0.3) is 0 Å². The van der Waals surface area contributed by atoms with Gasteiger partial charge in [-0.3, -0.25) is 4.79 Å². The van der Waals surface area contributed by atoms with Gasteiger partial charge in [-0.15, -0.1) is 5.10 Å². The fourth-order valence-corrected chi connectivity index (χ4v) is 2.53. The smallest absolute Gasteiger partial charge is 0.312 e. The molecule has 1 saturated heterocycles. The van der Waals surface area contributed by atoms with Gasteiger partial charge >= 0.3 is 5.97 Å². The van der Waals surface area contributed by atoms with Crippen LogP contribution in [0.25, 0.3) is 5.82 Å². The maximum absolute atomic E-state index is 11.5. The molecule has 3 rings (SSSR count). The predicted octanol–water partition coefficient (Wildman–Crippen LogP) is 0.592. The Bertz CT molecular complexity index is 720. The highest BCUT2D eigenvalue weighted by Crippen LogP contribution is 2.25. The van der Waals surface area contributed by atoms with Gasteiger partial charge in [0.2, 0.25) is 0 Å². The summed E-state index contributed by atoms with van der Waals surface area (Å²) in [5.41, 5.74) is 0. The molecule has 8 nitrogen and oxygen atoms in total. The third kappa shape index (κ3) is 2.51. The van der Waals surface area contributed by atoms with E-state index in [9.17, 15) is 4.79 Å². The number of nitrogens with zero attached hydrogens (tertiary/aromatic N) is 6. The van der Waals surface area contributed by atoms with Crippen molar-refractivity contribution < 1.29 is 9.53 Å². The number of hydrogen-bond donors (Lipinski definition) is 0. The largest absolute Gasteiger partial charge is 0.469 e. The summed E-state index contributed by atoms with van der Waals surface area (Å²) in [6.45, 7) is 6.78. The molecule has 8 heteroatoms. The Morgan fingerprint density at radius 1 is 1.14 bits per heavy atom. The van der Waals surface area contributed by atoms with E-state index in [2.05, 4.69) is 20.1 Å². The van der Waals surface area contributed by atoms with Gasteiger partial charge in [0, 0.05) is 19.2 Å². The van der Waals surface area contributed by atoms with E-state index in [-0.39, 0.29) is 11.9 Å².